The van der Waals surface area contributed by atoms with Gasteiger partial charge >= 0.3 is 4.87 Å². The number of ether oxygens (including phenoxy) is 2. The lowest BCUT2D eigenvalue weighted by molar-refractivity contribution is 0.405. The summed E-state index contributed by atoms with van der Waals surface area (Å²) < 4.78 is 40.9. The number of nitrogens with zero attached hydrogens (tertiary/aromatic N) is 1. The van der Waals surface area contributed by atoms with Crippen LogP contribution in [0.2, 0.25) is 0 Å². The number of nitrogens with one attached hydrogen (secondary N) is 1. The van der Waals surface area contributed by atoms with Gasteiger partial charge in [0, 0.05) is 12.6 Å². The molecule has 0 aliphatic rings. The van der Waals surface area contributed by atoms with E-state index >= 15 is 0 Å². The number of anilines is 1. The van der Waals surface area contributed by atoms with Gasteiger partial charge in [-0.3, -0.25) is 14.1 Å². The molecule has 0 bridgehead atoms. The molecule has 0 spiro atoms. The third-order valence-corrected chi connectivity index (χ3v) is 6.35. The Hall–Kier alpha value is -2.52. The number of rotatable bonds is 7. The van der Waals surface area contributed by atoms with Crippen LogP contribution < -0.4 is 19.1 Å². The molecule has 0 atom stereocenters. The lowest BCUT2D eigenvalue weighted by atomic mass is 10.3. The Morgan fingerprint density at radius 2 is 1.89 bits per heavy atom. The van der Waals surface area contributed by atoms with E-state index in [-0.39, 0.29) is 15.5 Å². The Labute approximate surface area is 161 Å². The van der Waals surface area contributed by atoms with E-state index in [1.165, 1.54) is 26.4 Å². The average molecular weight is 409 g/mol. The summed E-state index contributed by atoms with van der Waals surface area (Å²) in [5, 5.41) is 0. The highest BCUT2D eigenvalue weighted by Gasteiger charge is 2.19. The monoisotopic (exact) mass is 408 g/mol. The molecule has 7 nitrogen and oxygen atoms in total. The number of thiazole rings is 1. The van der Waals surface area contributed by atoms with E-state index in [9.17, 15) is 13.2 Å². The van der Waals surface area contributed by atoms with Crippen LogP contribution in [0.1, 0.15) is 13.3 Å². The molecule has 0 amide bonds. The first-order chi connectivity index (χ1) is 12.9. The molecular weight excluding hydrogens is 388 g/mol. The second-order valence-corrected chi connectivity index (χ2v) is 8.50. The number of hydrogen-bond acceptors (Lipinski definition) is 6. The van der Waals surface area contributed by atoms with Crippen molar-refractivity contribution in [3.05, 3.63) is 46.1 Å². The Kier molecular flexibility index (Phi) is 5.43. The van der Waals surface area contributed by atoms with E-state index in [1.807, 2.05) is 6.92 Å². The van der Waals surface area contributed by atoms with Crippen molar-refractivity contribution in [1.29, 1.82) is 0 Å². The summed E-state index contributed by atoms with van der Waals surface area (Å²) in [6.07, 6.45) is 0.822. The van der Waals surface area contributed by atoms with Gasteiger partial charge in [-0.25, -0.2) is 8.42 Å². The second-order valence-electron chi connectivity index (χ2n) is 5.82. The van der Waals surface area contributed by atoms with Crippen molar-refractivity contribution in [3.63, 3.8) is 0 Å². The van der Waals surface area contributed by atoms with Crippen molar-refractivity contribution < 1.29 is 17.9 Å². The maximum Gasteiger partial charge on any atom is 0.308 e. The van der Waals surface area contributed by atoms with Crippen molar-refractivity contribution in [1.82, 2.24) is 4.57 Å². The largest absolute Gasteiger partial charge is 0.497 e. The lowest BCUT2D eigenvalue weighted by Gasteiger charge is -2.13. The number of methoxy groups -OCH3 is 2. The maximum atomic E-state index is 12.8. The smallest absolute Gasteiger partial charge is 0.308 e. The third kappa shape index (κ3) is 3.79. The summed E-state index contributed by atoms with van der Waals surface area (Å²) in [5.74, 6) is 0.873. The van der Waals surface area contributed by atoms with E-state index in [2.05, 4.69) is 4.72 Å². The lowest BCUT2D eigenvalue weighted by Crippen LogP contribution is -2.14. The first-order valence-electron chi connectivity index (χ1n) is 8.28. The zero-order chi connectivity index (χ0) is 19.6. The van der Waals surface area contributed by atoms with Crippen LogP contribution in [0.15, 0.2) is 46.1 Å². The second kappa shape index (κ2) is 7.61. The van der Waals surface area contributed by atoms with Crippen molar-refractivity contribution in [3.8, 4) is 11.5 Å². The van der Waals surface area contributed by atoms with Crippen LogP contribution in [0.25, 0.3) is 10.2 Å². The topological polar surface area (TPSA) is 86.6 Å². The highest BCUT2D eigenvalue weighted by Crippen LogP contribution is 2.31. The number of sulfonamides is 1. The van der Waals surface area contributed by atoms with Crippen LogP contribution >= 0.6 is 11.3 Å². The number of aryl methyl sites for hydroxylation is 1. The number of fused-ring (bicyclic) bond motifs is 1. The number of benzene rings is 2. The SMILES string of the molecule is CCCn1c(=O)sc2cc(S(=O)(=O)Nc3cc(OC)ccc3OC)ccc21. The molecule has 0 saturated carbocycles. The van der Waals surface area contributed by atoms with Gasteiger partial charge in [-0.15, -0.1) is 0 Å². The van der Waals surface area contributed by atoms with E-state index in [0.717, 1.165) is 23.3 Å². The molecule has 2 aromatic carbocycles. The maximum absolute atomic E-state index is 12.8. The van der Waals surface area contributed by atoms with Gasteiger partial charge in [0.2, 0.25) is 0 Å². The average Bonchev–Trinajstić information content (AvgIpc) is 2.96. The van der Waals surface area contributed by atoms with Gasteiger partial charge in [0.05, 0.1) is 35.0 Å². The highest BCUT2D eigenvalue weighted by atomic mass is 32.2. The molecule has 1 heterocycles. The first kappa shape index (κ1) is 19.2. The molecule has 0 aliphatic heterocycles. The molecule has 3 aromatic rings. The predicted molar refractivity (Wildman–Crippen MR) is 107 cm³/mol. The molecule has 0 radical (unpaired) electrons. The molecule has 0 unspecified atom stereocenters. The Balaban J connectivity index is 2.01. The van der Waals surface area contributed by atoms with Gasteiger partial charge < -0.3 is 9.47 Å². The zero-order valence-electron chi connectivity index (χ0n) is 15.2. The van der Waals surface area contributed by atoms with Crippen molar-refractivity contribution in [2.24, 2.45) is 0 Å². The fourth-order valence-electron chi connectivity index (χ4n) is 2.75. The zero-order valence-corrected chi connectivity index (χ0v) is 16.8. The highest BCUT2D eigenvalue weighted by molar-refractivity contribution is 7.92. The molecule has 3 rings (SSSR count). The van der Waals surface area contributed by atoms with Crippen LogP contribution in [0.5, 0.6) is 11.5 Å². The summed E-state index contributed by atoms with van der Waals surface area (Å²) in [4.78, 5) is 12.1. The Morgan fingerprint density at radius 3 is 2.56 bits per heavy atom. The van der Waals surface area contributed by atoms with Crippen LogP contribution in [0, 0.1) is 0 Å². The van der Waals surface area contributed by atoms with E-state index in [4.69, 9.17) is 9.47 Å². The molecule has 0 fully saturated rings. The minimum atomic E-state index is -3.87. The molecule has 1 N–H and O–H groups in total. The quantitative estimate of drug-likeness (QED) is 0.648. The molecule has 9 heteroatoms. The van der Waals surface area contributed by atoms with Crippen LogP contribution in [0.3, 0.4) is 0 Å². The molecule has 144 valence electrons. The summed E-state index contributed by atoms with van der Waals surface area (Å²) in [6, 6.07) is 9.52. The van der Waals surface area contributed by atoms with Crippen LogP contribution in [0.4, 0.5) is 5.69 Å². The van der Waals surface area contributed by atoms with Gasteiger partial charge in [-0.05, 0) is 36.8 Å². The fraction of sp³-hybridized carbons (Fsp3) is 0.278. The Bertz CT molecular complexity index is 1130. The standard InChI is InChI=1S/C18H20N2O5S2/c1-4-9-20-15-7-6-13(11-17(15)26-18(20)21)27(22,23)19-14-10-12(24-2)5-8-16(14)25-3/h5-8,10-11,19H,4,9H2,1-3H3. The summed E-state index contributed by atoms with van der Waals surface area (Å²) >= 11 is 1.04. The third-order valence-electron chi connectivity index (χ3n) is 4.05. The summed E-state index contributed by atoms with van der Waals surface area (Å²) in [7, 11) is -0.914. The van der Waals surface area contributed by atoms with Gasteiger partial charge in [0.1, 0.15) is 11.5 Å². The summed E-state index contributed by atoms with van der Waals surface area (Å²) in [5.41, 5.74) is 1.01. The number of hydrogen-bond donors (Lipinski definition) is 1. The Morgan fingerprint density at radius 1 is 1.11 bits per heavy atom. The molecule has 0 saturated heterocycles. The van der Waals surface area contributed by atoms with Gasteiger partial charge in [0.25, 0.3) is 10.0 Å². The van der Waals surface area contributed by atoms with E-state index in [0.29, 0.717) is 22.7 Å². The van der Waals surface area contributed by atoms with Crippen LogP contribution in [-0.4, -0.2) is 27.2 Å². The number of aromatic nitrogens is 1. The molecule has 1 aromatic heterocycles. The molecule has 0 aliphatic carbocycles. The predicted octanol–water partition coefficient (Wildman–Crippen LogP) is 3.29. The van der Waals surface area contributed by atoms with Gasteiger partial charge in [-0.1, -0.05) is 18.3 Å². The molecule has 27 heavy (non-hydrogen) atoms. The van der Waals surface area contributed by atoms with Crippen molar-refractivity contribution in [2.75, 3.05) is 18.9 Å². The van der Waals surface area contributed by atoms with Crippen molar-refractivity contribution in [2.45, 2.75) is 24.8 Å². The first-order valence-corrected chi connectivity index (χ1v) is 10.6. The van der Waals surface area contributed by atoms with Crippen LogP contribution in [-0.2, 0) is 16.6 Å². The fourth-order valence-corrected chi connectivity index (χ4v) is 4.87. The minimum Gasteiger partial charge on any atom is -0.497 e. The normalized spacial score (nSPS) is 11.5. The minimum absolute atomic E-state index is 0.0739. The summed E-state index contributed by atoms with van der Waals surface area (Å²) in [6.45, 7) is 2.59. The van der Waals surface area contributed by atoms with Gasteiger partial charge in [0.15, 0.2) is 0 Å². The van der Waals surface area contributed by atoms with Gasteiger partial charge in [-0.2, -0.15) is 0 Å². The van der Waals surface area contributed by atoms with Crippen molar-refractivity contribution >= 4 is 37.3 Å². The van der Waals surface area contributed by atoms with E-state index in [1.54, 1.807) is 28.8 Å². The molecular formula is C18H20N2O5S2. The van der Waals surface area contributed by atoms with E-state index < -0.39 is 10.0 Å².